The van der Waals surface area contributed by atoms with E-state index >= 15 is 0 Å². The summed E-state index contributed by atoms with van der Waals surface area (Å²) < 4.78 is 0. The quantitative estimate of drug-likeness (QED) is 0.789. The minimum Gasteiger partial charge on any atom is -0.398 e. The van der Waals surface area contributed by atoms with Gasteiger partial charge in [0.1, 0.15) is 0 Å². The molecule has 3 heteroatoms. The third-order valence-electron chi connectivity index (χ3n) is 3.35. The van der Waals surface area contributed by atoms with Crippen LogP contribution in [0.5, 0.6) is 0 Å². The molecule has 0 aliphatic heterocycles. The SMILES string of the molecule is CSC1CCC(NCc2ccccc2N)C1. The largest absolute Gasteiger partial charge is 0.398 e. The van der Waals surface area contributed by atoms with Crippen LogP contribution < -0.4 is 11.1 Å². The molecule has 1 aliphatic rings. The molecule has 0 saturated heterocycles. The van der Waals surface area contributed by atoms with Gasteiger partial charge < -0.3 is 11.1 Å². The van der Waals surface area contributed by atoms with Crippen molar-refractivity contribution >= 4 is 17.4 Å². The van der Waals surface area contributed by atoms with Crippen LogP contribution in [-0.2, 0) is 6.54 Å². The van der Waals surface area contributed by atoms with Crippen LogP contribution in [0.1, 0.15) is 24.8 Å². The smallest absolute Gasteiger partial charge is 0.0359 e. The van der Waals surface area contributed by atoms with Gasteiger partial charge in [0.2, 0.25) is 0 Å². The van der Waals surface area contributed by atoms with Crippen molar-refractivity contribution in [1.82, 2.24) is 5.32 Å². The van der Waals surface area contributed by atoms with Crippen molar-refractivity contribution < 1.29 is 0 Å². The van der Waals surface area contributed by atoms with Crippen LogP contribution in [-0.4, -0.2) is 17.5 Å². The number of thioether (sulfide) groups is 1. The maximum atomic E-state index is 5.91. The highest BCUT2D eigenvalue weighted by Gasteiger charge is 2.23. The molecule has 2 unspecified atom stereocenters. The predicted molar refractivity (Wildman–Crippen MR) is 72.6 cm³/mol. The number of anilines is 1. The molecule has 88 valence electrons. The van der Waals surface area contributed by atoms with Gasteiger partial charge in [-0.1, -0.05) is 18.2 Å². The maximum absolute atomic E-state index is 5.91. The molecule has 1 aromatic carbocycles. The number of nitrogen functional groups attached to an aromatic ring is 1. The molecule has 0 radical (unpaired) electrons. The summed E-state index contributed by atoms with van der Waals surface area (Å²) in [7, 11) is 0. The van der Waals surface area contributed by atoms with E-state index in [0.29, 0.717) is 6.04 Å². The van der Waals surface area contributed by atoms with Gasteiger partial charge in [0.05, 0.1) is 0 Å². The number of para-hydroxylation sites is 1. The molecular weight excluding hydrogens is 216 g/mol. The first kappa shape index (κ1) is 11.8. The lowest BCUT2D eigenvalue weighted by Crippen LogP contribution is -2.26. The lowest BCUT2D eigenvalue weighted by Gasteiger charge is -2.13. The van der Waals surface area contributed by atoms with E-state index in [2.05, 4.69) is 17.6 Å². The molecule has 1 saturated carbocycles. The second kappa shape index (κ2) is 5.60. The number of hydrogen-bond donors (Lipinski definition) is 2. The van der Waals surface area contributed by atoms with Crippen LogP contribution in [0.2, 0.25) is 0 Å². The summed E-state index contributed by atoms with van der Waals surface area (Å²) in [5.74, 6) is 0. The first-order valence-electron chi connectivity index (χ1n) is 5.89. The zero-order chi connectivity index (χ0) is 11.4. The zero-order valence-electron chi connectivity index (χ0n) is 9.78. The predicted octanol–water partition coefficient (Wildman–Crippen LogP) is 2.64. The van der Waals surface area contributed by atoms with Crippen LogP contribution in [0.3, 0.4) is 0 Å². The van der Waals surface area contributed by atoms with E-state index in [1.165, 1.54) is 24.8 Å². The highest BCUT2D eigenvalue weighted by atomic mass is 32.2. The zero-order valence-corrected chi connectivity index (χ0v) is 10.6. The summed E-state index contributed by atoms with van der Waals surface area (Å²) in [6.45, 7) is 0.901. The third kappa shape index (κ3) is 2.92. The number of nitrogens with one attached hydrogen (secondary N) is 1. The van der Waals surface area contributed by atoms with Crippen LogP contribution >= 0.6 is 11.8 Å². The first-order chi connectivity index (χ1) is 7.79. The Bertz CT molecular complexity index is 340. The summed E-state index contributed by atoms with van der Waals surface area (Å²) in [5, 5.41) is 4.46. The molecular formula is C13H20N2S. The van der Waals surface area contributed by atoms with Crippen molar-refractivity contribution in [3.63, 3.8) is 0 Å². The van der Waals surface area contributed by atoms with Gasteiger partial charge in [-0.05, 0) is 37.1 Å². The fourth-order valence-corrected chi connectivity index (χ4v) is 3.09. The number of hydrogen-bond acceptors (Lipinski definition) is 3. The summed E-state index contributed by atoms with van der Waals surface area (Å²) in [6, 6.07) is 8.78. The van der Waals surface area contributed by atoms with Crippen LogP contribution in [0.4, 0.5) is 5.69 Å². The molecule has 16 heavy (non-hydrogen) atoms. The van der Waals surface area contributed by atoms with E-state index in [1.807, 2.05) is 30.0 Å². The van der Waals surface area contributed by atoms with Gasteiger partial charge in [0, 0.05) is 23.5 Å². The van der Waals surface area contributed by atoms with Crippen molar-refractivity contribution in [2.75, 3.05) is 12.0 Å². The Hall–Kier alpha value is -0.670. The highest BCUT2D eigenvalue weighted by Crippen LogP contribution is 2.28. The third-order valence-corrected chi connectivity index (χ3v) is 4.45. The van der Waals surface area contributed by atoms with E-state index in [1.54, 1.807) is 0 Å². The molecule has 0 amide bonds. The Balaban J connectivity index is 1.82. The molecule has 1 aliphatic carbocycles. The van der Waals surface area contributed by atoms with Gasteiger partial charge in [-0.2, -0.15) is 11.8 Å². The Labute approximate surface area is 102 Å². The van der Waals surface area contributed by atoms with Crippen molar-refractivity contribution in [1.29, 1.82) is 0 Å². The van der Waals surface area contributed by atoms with Gasteiger partial charge in [-0.15, -0.1) is 0 Å². The molecule has 0 aromatic heterocycles. The molecule has 2 nitrogen and oxygen atoms in total. The molecule has 1 fully saturated rings. The van der Waals surface area contributed by atoms with Crippen molar-refractivity contribution in [2.24, 2.45) is 0 Å². The van der Waals surface area contributed by atoms with E-state index in [0.717, 1.165) is 17.5 Å². The summed E-state index contributed by atoms with van der Waals surface area (Å²) in [4.78, 5) is 0. The number of nitrogens with two attached hydrogens (primary N) is 1. The van der Waals surface area contributed by atoms with Gasteiger partial charge in [0.25, 0.3) is 0 Å². The molecule has 3 N–H and O–H groups in total. The average molecular weight is 236 g/mol. The fraction of sp³-hybridized carbons (Fsp3) is 0.538. The van der Waals surface area contributed by atoms with Gasteiger partial charge >= 0.3 is 0 Å². The second-order valence-electron chi connectivity index (χ2n) is 4.45. The van der Waals surface area contributed by atoms with Gasteiger partial charge in [-0.25, -0.2) is 0 Å². The maximum Gasteiger partial charge on any atom is 0.0359 e. The minimum atomic E-state index is 0.678. The standard InChI is InChI=1S/C13H20N2S/c1-16-12-7-6-11(8-12)15-9-10-4-2-3-5-13(10)14/h2-5,11-12,15H,6-9,14H2,1H3. The Morgan fingerprint density at radius 3 is 2.88 bits per heavy atom. The number of benzene rings is 1. The van der Waals surface area contributed by atoms with Gasteiger partial charge in [0.15, 0.2) is 0 Å². The minimum absolute atomic E-state index is 0.678. The lowest BCUT2D eigenvalue weighted by atomic mass is 10.1. The van der Waals surface area contributed by atoms with Crippen molar-refractivity contribution in [3.05, 3.63) is 29.8 Å². The topological polar surface area (TPSA) is 38.0 Å². The molecule has 1 aromatic rings. The Kier molecular flexibility index (Phi) is 4.13. The van der Waals surface area contributed by atoms with Crippen molar-refractivity contribution in [2.45, 2.75) is 37.1 Å². The lowest BCUT2D eigenvalue weighted by molar-refractivity contribution is 0.525. The van der Waals surface area contributed by atoms with Gasteiger partial charge in [-0.3, -0.25) is 0 Å². The highest BCUT2D eigenvalue weighted by molar-refractivity contribution is 7.99. The molecule has 2 atom stereocenters. The molecule has 0 bridgehead atoms. The van der Waals surface area contributed by atoms with E-state index in [4.69, 9.17) is 5.73 Å². The fourth-order valence-electron chi connectivity index (χ4n) is 2.29. The summed E-state index contributed by atoms with van der Waals surface area (Å²) in [6.07, 6.45) is 6.16. The van der Waals surface area contributed by atoms with E-state index < -0.39 is 0 Å². The summed E-state index contributed by atoms with van der Waals surface area (Å²) >= 11 is 2.00. The monoisotopic (exact) mass is 236 g/mol. The van der Waals surface area contributed by atoms with Crippen LogP contribution in [0.25, 0.3) is 0 Å². The molecule has 0 spiro atoms. The Morgan fingerprint density at radius 1 is 1.38 bits per heavy atom. The molecule has 0 heterocycles. The Morgan fingerprint density at radius 2 is 2.19 bits per heavy atom. The van der Waals surface area contributed by atoms with Crippen molar-refractivity contribution in [3.8, 4) is 0 Å². The summed E-state index contributed by atoms with van der Waals surface area (Å²) in [5.41, 5.74) is 8.03. The number of rotatable bonds is 4. The molecule has 2 rings (SSSR count). The van der Waals surface area contributed by atoms with Crippen LogP contribution in [0, 0.1) is 0 Å². The first-order valence-corrected chi connectivity index (χ1v) is 7.18. The van der Waals surface area contributed by atoms with Crippen LogP contribution in [0.15, 0.2) is 24.3 Å². The van der Waals surface area contributed by atoms with E-state index in [-0.39, 0.29) is 0 Å². The normalized spacial score (nSPS) is 24.8. The average Bonchev–Trinajstić information content (AvgIpc) is 2.76. The van der Waals surface area contributed by atoms with E-state index in [9.17, 15) is 0 Å². The second-order valence-corrected chi connectivity index (χ2v) is 5.59.